The Hall–Kier alpha value is -2.02. The van der Waals surface area contributed by atoms with Crippen molar-refractivity contribution in [3.63, 3.8) is 0 Å². The van der Waals surface area contributed by atoms with Crippen molar-refractivity contribution in [1.82, 2.24) is 14.9 Å². The maximum atomic E-state index is 12.3. The number of thioether (sulfide) groups is 1. The highest BCUT2D eigenvalue weighted by Gasteiger charge is 2.20. The summed E-state index contributed by atoms with van der Waals surface area (Å²) < 4.78 is 6.68. The lowest BCUT2D eigenvalue weighted by atomic mass is 10.3. The molecule has 0 aliphatic carbocycles. The van der Waals surface area contributed by atoms with E-state index in [9.17, 15) is 9.59 Å². The maximum Gasteiger partial charge on any atom is 0.254 e. The van der Waals surface area contributed by atoms with Crippen LogP contribution >= 0.6 is 11.8 Å². The standard InChI is InChI=1S/C16H21N3O3S/c1-4-11-9-14(20)19(3)16(18-11)23-13(5-2)15(21)17-10-12-7-6-8-22-12/h6-9,13H,4-5,10H2,1-3H3,(H,17,21). The molecule has 0 saturated heterocycles. The molecule has 2 aromatic rings. The van der Waals surface area contributed by atoms with Gasteiger partial charge in [-0.2, -0.15) is 0 Å². The predicted molar refractivity (Wildman–Crippen MR) is 89.3 cm³/mol. The van der Waals surface area contributed by atoms with Gasteiger partial charge in [0.2, 0.25) is 5.91 Å². The maximum absolute atomic E-state index is 12.3. The van der Waals surface area contributed by atoms with Gasteiger partial charge in [-0.05, 0) is 25.0 Å². The van der Waals surface area contributed by atoms with Crippen molar-refractivity contribution >= 4 is 17.7 Å². The Morgan fingerprint density at radius 3 is 2.87 bits per heavy atom. The molecule has 1 amide bonds. The number of hydrogen-bond acceptors (Lipinski definition) is 5. The Kier molecular flexibility index (Phi) is 6.04. The number of amides is 1. The average Bonchev–Trinajstić information content (AvgIpc) is 3.07. The van der Waals surface area contributed by atoms with Gasteiger partial charge in [0.05, 0.1) is 18.1 Å². The molecule has 1 unspecified atom stereocenters. The lowest BCUT2D eigenvalue weighted by Crippen LogP contribution is -2.32. The molecule has 23 heavy (non-hydrogen) atoms. The summed E-state index contributed by atoms with van der Waals surface area (Å²) in [6, 6.07) is 5.12. The van der Waals surface area contributed by atoms with Gasteiger partial charge < -0.3 is 9.73 Å². The first-order valence-corrected chi connectivity index (χ1v) is 8.46. The van der Waals surface area contributed by atoms with Crippen LogP contribution in [-0.4, -0.2) is 20.7 Å². The zero-order valence-corrected chi connectivity index (χ0v) is 14.4. The molecule has 124 valence electrons. The minimum atomic E-state index is -0.310. The molecule has 0 radical (unpaired) electrons. The fraction of sp³-hybridized carbons (Fsp3) is 0.438. The molecular formula is C16H21N3O3S. The lowest BCUT2D eigenvalue weighted by Gasteiger charge is -2.15. The van der Waals surface area contributed by atoms with Gasteiger partial charge in [-0.15, -0.1) is 0 Å². The Morgan fingerprint density at radius 2 is 2.26 bits per heavy atom. The second-order valence-corrected chi connectivity index (χ2v) is 6.26. The number of hydrogen-bond donors (Lipinski definition) is 1. The Balaban J connectivity index is 2.08. The summed E-state index contributed by atoms with van der Waals surface area (Å²) in [6.45, 7) is 4.24. The Morgan fingerprint density at radius 1 is 1.48 bits per heavy atom. The van der Waals surface area contributed by atoms with E-state index in [0.717, 1.165) is 5.69 Å². The molecule has 6 nitrogen and oxygen atoms in total. The Labute approximate surface area is 139 Å². The van der Waals surface area contributed by atoms with Crippen LogP contribution in [0.2, 0.25) is 0 Å². The molecule has 2 heterocycles. The van der Waals surface area contributed by atoms with Crippen molar-refractivity contribution in [3.05, 3.63) is 46.3 Å². The number of aromatic nitrogens is 2. The van der Waals surface area contributed by atoms with Gasteiger partial charge >= 0.3 is 0 Å². The van der Waals surface area contributed by atoms with Crippen LogP contribution in [0.1, 0.15) is 31.7 Å². The van der Waals surface area contributed by atoms with Crippen LogP contribution < -0.4 is 10.9 Å². The van der Waals surface area contributed by atoms with Crippen molar-refractivity contribution in [2.75, 3.05) is 0 Å². The normalized spacial score (nSPS) is 12.1. The minimum Gasteiger partial charge on any atom is -0.467 e. The molecule has 2 rings (SSSR count). The molecule has 0 aromatic carbocycles. The second kappa shape index (κ2) is 8.01. The molecular weight excluding hydrogens is 314 g/mol. The van der Waals surface area contributed by atoms with Gasteiger partial charge in [-0.25, -0.2) is 4.98 Å². The van der Waals surface area contributed by atoms with Crippen molar-refractivity contribution in [1.29, 1.82) is 0 Å². The van der Waals surface area contributed by atoms with Gasteiger partial charge in [-0.3, -0.25) is 14.2 Å². The van der Waals surface area contributed by atoms with E-state index in [-0.39, 0.29) is 16.7 Å². The monoisotopic (exact) mass is 335 g/mol. The van der Waals surface area contributed by atoms with Crippen LogP contribution in [0, 0.1) is 0 Å². The van der Waals surface area contributed by atoms with Crippen LogP contribution in [0.5, 0.6) is 0 Å². The number of nitrogens with one attached hydrogen (secondary N) is 1. The van der Waals surface area contributed by atoms with Crippen LogP contribution in [0.3, 0.4) is 0 Å². The molecule has 0 bridgehead atoms. The highest BCUT2D eigenvalue weighted by atomic mass is 32.2. The largest absolute Gasteiger partial charge is 0.467 e. The summed E-state index contributed by atoms with van der Waals surface area (Å²) in [5.74, 6) is 0.613. The summed E-state index contributed by atoms with van der Waals surface area (Å²) >= 11 is 1.31. The second-order valence-electron chi connectivity index (χ2n) is 5.09. The molecule has 0 fully saturated rings. The van der Waals surface area contributed by atoms with Crippen LogP contribution in [0.25, 0.3) is 0 Å². The summed E-state index contributed by atoms with van der Waals surface area (Å²) in [5, 5.41) is 3.10. The van der Waals surface area contributed by atoms with E-state index in [4.69, 9.17) is 4.42 Å². The van der Waals surface area contributed by atoms with E-state index in [0.29, 0.717) is 30.3 Å². The van der Waals surface area contributed by atoms with Crippen molar-refractivity contribution in [2.24, 2.45) is 7.05 Å². The molecule has 1 N–H and O–H groups in total. The van der Waals surface area contributed by atoms with Crippen molar-refractivity contribution < 1.29 is 9.21 Å². The SMILES string of the molecule is CCc1cc(=O)n(C)c(SC(CC)C(=O)NCc2ccco2)n1. The zero-order chi connectivity index (χ0) is 16.8. The van der Waals surface area contributed by atoms with E-state index in [1.807, 2.05) is 19.9 Å². The van der Waals surface area contributed by atoms with Gasteiger partial charge in [0, 0.05) is 18.8 Å². The van der Waals surface area contributed by atoms with E-state index >= 15 is 0 Å². The molecule has 0 spiro atoms. The zero-order valence-electron chi connectivity index (χ0n) is 13.5. The van der Waals surface area contributed by atoms with E-state index in [1.165, 1.54) is 22.4 Å². The molecule has 0 saturated carbocycles. The quantitative estimate of drug-likeness (QED) is 0.619. The van der Waals surface area contributed by atoms with Gasteiger partial charge in [0.25, 0.3) is 5.56 Å². The third kappa shape index (κ3) is 4.48. The summed E-state index contributed by atoms with van der Waals surface area (Å²) in [6.07, 6.45) is 2.90. The highest BCUT2D eigenvalue weighted by Crippen LogP contribution is 2.23. The molecule has 7 heteroatoms. The third-order valence-corrected chi connectivity index (χ3v) is 4.84. The van der Waals surface area contributed by atoms with E-state index < -0.39 is 0 Å². The fourth-order valence-electron chi connectivity index (χ4n) is 2.00. The number of rotatable bonds is 7. The first-order chi connectivity index (χ1) is 11.0. The van der Waals surface area contributed by atoms with Crippen LogP contribution in [0.15, 0.2) is 38.8 Å². The van der Waals surface area contributed by atoms with E-state index in [1.54, 1.807) is 19.4 Å². The number of nitrogens with zero attached hydrogens (tertiary/aromatic N) is 2. The van der Waals surface area contributed by atoms with Crippen molar-refractivity contribution in [2.45, 2.75) is 43.6 Å². The highest BCUT2D eigenvalue weighted by molar-refractivity contribution is 8.00. The van der Waals surface area contributed by atoms with Crippen LogP contribution in [0.4, 0.5) is 0 Å². The molecule has 0 aliphatic rings. The number of carbonyl (C=O) groups excluding carboxylic acids is 1. The van der Waals surface area contributed by atoms with Gasteiger partial charge in [-0.1, -0.05) is 25.6 Å². The average molecular weight is 335 g/mol. The number of aryl methyl sites for hydroxylation is 1. The van der Waals surface area contributed by atoms with Crippen LogP contribution in [-0.2, 0) is 24.8 Å². The number of furan rings is 1. The minimum absolute atomic E-state index is 0.0925. The third-order valence-electron chi connectivity index (χ3n) is 3.44. The topological polar surface area (TPSA) is 77.1 Å². The molecule has 2 aromatic heterocycles. The summed E-state index contributed by atoms with van der Waals surface area (Å²) in [4.78, 5) is 28.7. The lowest BCUT2D eigenvalue weighted by molar-refractivity contribution is -0.120. The van der Waals surface area contributed by atoms with Gasteiger partial charge in [0.15, 0.2) is 5.16 Å². The fourth-order valence-corrected chi connectivity index (χ4v) is 3.03. The van der Waals surface area contributed by atoms with Gasteiger partial charge in [0.1, 0.15) is 5.76 Å². The van der Waals surface area contributed by atoms with Crippen molar-refractivity contribution in [3.8, 4) is 0 Å². The summed E-state index contributed by atoms with van der Waals surface area (Å²) in [5.41, 5.74) is 0.631. The first-order valence-electron chi connectivity index (χ1n) is 7.58. The smallest absolute Gasteiger partial charge is 0.254 e. The summed E-state index contributed by atoms with van der Waals surface area (Å²) in [7, 11) is 1.67. The predicted octanol–water partition coefficient (Wildman–Crippen LogP) is 2.12. The number of carbonyl (C=O) groups is 1. The molecule has 1 atom stereocenters. The van der Waals surface area contributed by atoms with E-state index in [2.05, 4.69) is 10.3 Å². The first kappa shape index (κ1) is 17.3. The Bertz CT molecular complexity index is 710. The molecule has 0 aliphatic heterocycles.